The molecule has 2 N–H and O–H groups in total. The molecule has 0 amide bonds. The molecule has 0 aliphatic heterocycles. The summed E-state index contributed by atoms with van der Waals surface area (Å²) < 4.78 is 25.0. The third kappa shape index (κ3) is 2.70. The Morgan fingerprint density at radius 2 is 2.05 bits per heavy atom. The maximum absolute atomic E-state index is 12.5. The maximum atomic E-state index is 12.5. The van der Waals surface area contributed by atoms with Crippen LogP contribution in [0.1, 0.15) is 10.5 Å². The topological polar surface area (TPSA) is 87.2 Å². The normalized spacial score (nSPS) is 11.5. The first-order valence-corrected chi connectivity index (χ1v) is 8.45. The molecule has 1 heterocycles. The number of aromatic nitrogens is 1. The third-order valence-electron chi connectivity index (χ3n) is 2.61. The van der Waals surface area contributed by atoms with Gasteiger partial charge < -0.3 is 10.1 Å². The molecule has 0 aliphatic carbocycles. The second-order valence-electron chi connectivity index (χ2n) is 3.85. The molecule has 1 aromatic carbocycles. The van der Waals surface area contributed by atoms with E-state index in [1.165, 1.54) is 17.8 Å². The summed E-state index contributed by atoms with van der Waals surface area (Å²) in [5, 5.41) is 9.13. The highest BCUT2D eigenvalue weighted by Crippen LogP contribution is 2.32. The Balaban J connectivity index is 2.59. The van der Waals surface area contributed by atoms with Gasteiger partial charge in [0.05, 0.1) is 9.79 Å². The van der Waals surface area contributed by atoms with E-state index < -0.39 is 15.8 Å². The van der Waals surface area contributed by atoms with Crippen molar-refractivity contribution in [3.05, 3.63) is 41.2 Å². The summed E-state index contributed by atoms with van der Waals surface area (Å²) in [5.41, 5.74) is -0.184. The van der Waals surface area contributed by atoms with Crippen molar-refractivity contribution in [2.45, 2.75) is 14.7 Å². The third-order valence-corrected chi connectivity index (χ3v) is 5.55. The SMILES string of the molecule is CSc1ccc(Cl)cc1S(=O)(=O)c1c[nH]c(C(=O)O)c1. The van der Waals surface area contributed by atoms with E-state index in [1.807, 2.05) is 0 Å². The number of aromatic carboxylic acids is 1. The van der Waals surface area contributed by atoms with Crippen LogP contribution in [-0.2, 0) is 9.84 Å². The molecule has 0 bridgehead atoms. The standard InChI is InChI=1S/C12H10ClNO4S2/c1-19-10-3-2-7(13)4-11(10)20(17,18)8-5-9(12(15)16)14-6-8/h2-6,14H,1H3,(H,15,16). The molecular weight excluding hydrogens is 322 g/mol. The minimum absolute atomic E-state index is 0.0634. The van der Waals surface area contributed by atoms with Crippen LogP contribution in [-0.4, -0.2) is 30.7 Å². The van der Waals surface area contributed by atoms with Gasteiger partial charge in [-0.2, -0.15) is 0 Å². The minimum atomic E-state index is -3.82. The summed E-state index contributed by atoms with van der Waals surface area (Å²) in [6.07, 6.45) is 2.91. The van der Waals surface area contributed by atoms with E-state index in [2.05, 4.69) is 4.98 Å². The molecule has 0 saturated heterocycles. The van der Waals surface area contributed by atoms with Gasteiger partial charge in [0.1, 0.15) is 5.69 Å². The lowest BCUT2D eigenvalue weighted by Gasteiger charge is -2.07. The number of hydrogen-bond acceptors (Lipinski definition) is 4. The Kier molecular flexibility index (Phi) is 4.12. The van der Waals surface area contributed by atoms with Crippen molar-refractivity contribution in [1.82, 2.24) is 4.98 Å². The zero-order chi connectivity index (χ0) is 14.9. The fourth-order valence-corrected chi connectivity index (χ4v) is 4.28. The van der Waals surface area contributed by atoms with Crippen LogP contribution < -0.4 is 0 Å². The monoisotopic (exact) mass is 331 g/mol. The number of carboxylic acid groups (broad SMARTS) is 1. The van der Waals surface area contributed by atoms with Crippen LogP contribution >= 0.6 is 23.4 Å². The highest BCUT2D eigenvalue weighted by atomic mass is 35.5. The van der Waals surface area contributed by atoms with E-state index in [-0.39, 0.29) is 15.5 Å². The van der Waals surface area contributed by atoms with E-state index in [1.54, 1.807) is 18.4 Å². The van der Waals surface area contributed by atoms with Crippen molar-refractivity contribution >= 4 is 39.2 Å². The lowest BCUT2D eigenvalue weighted by atomic mass is 10.4. The number of sulfone groups is 1. The van der Waals surface area contributed by atoms with Crippen molar-refractivity contribution in [1.29, 1.82) is 0 Å². The van der Waals surface area contributed by atoms with Gasteiger partial charge in [-0.1, -0.05) is 11.6 Å². The molecule has 0 spiro atoms. The number of carboxylic acids is 1. The van der Waals surface area contributed by atoms with Crippen molar-refractivity contribution in [2.24, 2.45) is 0 Å². The second kappa shape index (κ2) is 5.51. The van der Waals surface area contributed by atoms with Crippen molar-refractivity contribution in [2.75, 3.05) is 6.26 Å². The van der Waals surface area contributed by atoms with E-state index in [4.69, 9.17) is 16.7 Å². The molecule has 0 radical (unpaired) electrons. The quantitative estimate of drug-likeness (QED) is 0.841. The average molecular weight is 332 g/mol. The first kappa shape index (κ1) is 15.0. The average Bonchev–Trinajstić information content (AvgIpc) is 2.89. The molecule has 0 aliphatic rings. The van der Waals surface area contributed by atoms with Gasteiger partial charge in [0, 0.05) is 16.1 Å². The Labute approximate surface area is 124 Å². The number of hydrogen-bond donors (Lipinski definition) is 2. The molecule has 0 unspecified atom stereocenters. The zero-order valence-electron chi connectivity index (χ0n) is 10.3. The molecule has 5 nitrogen and oxygen atoms in total. The van der Waals surface area contributed by atoms with Crippen LogP contribution in [0.25, 0.3) is 0 Å². The van der Waals surface area contributed by atoms with Gasteiger partial charge in [-0.15, -0.1) is 11.8 Å². The summed E-state index contributed by atoms with van der Waals surface area (Å²) in [6.45, 7) is 0. The first-order valence-electron chi connectivity index (χ1n) is 5.36. The van der Waals surface area contributed by atoms with Crippen molar-refractivity contribution in [3.8, 4) is 0 Å². The van der Waals surface area contributed by atoms with Crippen LogP contribution in [0, 0.1) is 0 Å². The molecule has 0 fully saturated rings. The number of aromatic amines is 1. The lowest BCUT2D eigenvalue weighted by molar-refractivity contribution is 0.0691. The van der Waals surface area contributed by atoms with Crippen LogP contribution in [0.5, 0.6) is 0 Å². The Morgan fingerprint density at radius 3 is 2.60 bits per heavy atom. The molecular formula is C12H10ClNO4S2. The smallest absolute Gasteiger partial charge is 0.352 e. The molecule has 2 aromatic rings. The maximum Gasteiger partial charge on any atom is 0.352 e. The van der Waals surface area contributed by atoms with Crippen LogP contribution in [0.15, 0.2) is 45.1 Å². The van der Waals surface area contributed by atoms with Crippen molar-refractivity contribution in [3.63, 3.8) is 0 Å². The molecule has 106 valence electrons. The van der Waals surface area contributed by atoms with Crippen LogP contribution in [0.3, 0.4) is 0 Å². The Hall–Kier alpha value is -1.44. The van der Waals surface area contributed by atoms with Gasteiger partial charge in [0.15, 0.2) is 0 Å². The van der Waals surface area contributed by atoms with Crippen molar-refractivity contribution < 1.29 is 18.3 Å². The predicted octanol–water partition coefficient (Wildman–Crippen LogP) is 2.92. The minimum Gasteiger partial charge on any atom is -0.477 e. The van der Waals surface area contributed by atoms with Crippen LogP contribution in [0.2, 0.25) is 5.02 Å². The molecule has 0 saturated carbocycles. The van der Waals surface area contributed by atoms with Gasteiger partial charge in [-0.05, 0) is 30.5 Å². The largest absolute Gasteiger partial charge is 0.477 e. The number of nitrogens with one attached hydrogen (secondary N) is 1. The van der Waals surface area contributed by atoms with Gasteiger partial charge in [-0.3, -0.25) is 0 Å². The van der Waals surface area contributed by atoms with E-state index >= 15 is 0 Å². The molecule has 8 heteroatoms. The van der Waals surface area contributed by atoms with Crippen LogP contribution in [0.4, 0.5) is 0 Å². The van der Waals surface area contributed by atoms with Gasteiger partial charge >= 0.3 is 5.97 Å². The summed E-state index contributed by atoms with van der Waals surface area (Å²) in [5.74, 6) is -1.22. The molecule has 1 aromatic heterocycles. The first-order chi connectivity index (χ1) is 9.36. The van der Waals surface area contributed by atoms with Gasteiger partial charge in [0.25, 0.3) is 0 Å². The second-order valence-corrected chi connectivity index (χ2v) is 7.06. The summed E-state index contributed by atoms with van der Waals surface area (Å²) in [7, 11) is -3.82. The highest BCUT2D eigenvalue weighted by Gasteiger charge is 2.24. The fourth-order valence-electron chi connectivity index (χ4n) is 1.64. The van der Waals surface area contributed by atoms with Gasteiger partial charge in [-0.25, -0.2) is 13.2 Å². The number of thioether (sulfide) groups is 1. The molecule has 2 rings (SSSR count). The highest BCUT2D eigenvalue weighted by molar-refractivity contribution is 7.99. The Morgan fingerprint density at radius 1 is 1.35 bits per heavy atom. The number of carbonyl (C=O) groups is 1. The predicted molar refractivity (Wildman–Crippen MR) is 76.4 cm³/mol. The lowest BCUT2D eigenvalue weighted by Crippen LogP contribution is -2.03. The summed E-state index contributed by atoms with van der Waals surface area (Å²) in [6, 6.07) is 5.66. The molecule has 20 heavy (non-hydrogen) atoms. The number of halogens is 1. The number of H-pyrrole nitrogens is 1. The van der Waals surface area contributed by atoms with E-state index in [0.29, 0.717) is 9.92 Å². The zero-order valence-corrected chi connectivity index (χ0v) is 12.6. The number of rotatable bonds is 4. The van der Waals surface area contributed by atoms with Gasteiger partial charge in [0.2, 0.25) is 9.84 Å². The summed E-state index contributed by atoms with van der Waals surface area (Å²) in [4.78, 5) is 13.7. The Bertz CT molecular complexity index is 768. The fraction of sp³-hybridized carbons (Fsp3) is 0.0833. The molecule has 0 atom stereocenters. The summed E-state index contributed by atoms with van der Waals surface area (Å²) >= 11 is 7.12. The van der Waals surface area contributed by atoms with E-state index in [9.17, 15) is 13.2 Å². The number of benzene rings is 1. The van der Waals surface area contributed by atoms with E-state index in [0.717, 1.165) is 12.3 Å².